The second-order valence-electron chi connectivity index (χ2n) is 4.82. The third-order valence-corrected chi connectivity index (χ3v) is 3.69. The fourth-order valence-electron chi connectivity index (χ4n) is 1.90. The molecular formula is C13H19FN2O4S. The summed E-state index contributed by atoms with van der Waals surface area (Å²) >= 11 is 0. The first kappa shape index (κ1) is 17.5. The van der Waals surface area contributed by atoms with E-state index >= 15 is 0 Å². The van der Waals surface area contributed by atoms with E-state index in [0.29, 0.717) is 5.69 Å². The summed E-state index contributed by atoms with van der Waals surface area (Å²) in [5.74, 6) is -1.83. The van der Waals surface area contributed by atoms with Crippen LogP contribution in [0.2, 0.25) is 0 Å². The molecule has 0 bridgehead atoms. The minimum absolute atomic E-state index is 0.00952. The standard InChI is InChI=1S/C13H19FN2O4S/c1-3-4-9(2)12-11(14)7-10(8-16-12)13(17)15-5-6-21(18,19)20/h7-9H,3-6H2,1-2H3,(H,15,17)(H,18,19,20). The Bertz CT molecular complexity index is 604. The smallest absolute Gasteiger partial charge is 0.266 e. The number of aromatic nitrogens is 1. The normalized spacial score (nSPS) is 13.0. The van der Waals surface area contributed by atoms with Crippen molar-refractivity contribution in [2.75, 3.05) is 12.3 Å². The molecule has 1 atom stereocenters. The van der Waals surface area contributed by atoms with Crippen LogP contribution >= 0.6 is 0 Å². The lowest BCUT2D eigenvalue weighted by Gasteiger charge is -2.11. The number of carbonyl (C=O) groups excluding carboxylic acids is 1. The number of hydrogen-bond acceptors (Lipinski definition) is 4. The summed E-state index contributed by atoms with van der Waals surface area (Å²) in [4.78, 5) is 15.7. The van der Waals surface area contributed by atoms with Gasteiger partial charge in [-0.25, -0.2) is 4.39 Å². The van der Waals surface area contributed by atoms with Crippen LogP contribution < -0.4 is 5.32 Å². The van der Waals surface area contributed by atoms with Crippen molar-refractivity contribution in [2.24, 2.45) is 0 Å². The molecule has 0 aliphatic carbocycles. The maximum absolute atomic E-state index is 13.9. The Labute approximate surface area is 123 Å². The molecule has 1 amide bonds. The fourth-order valence-corrected chi connectivity index (χ4v) is 2.26. The molecular weight excluding hydrogens is 299 g/mol. The lowest BCUT2D eigenvalue weighted by molar-refractivity contribution is 0.0955. The van der Waals surface area contributed by atoms with Gasteiger partial charge in [0.25, 0.3) is 16.0 Å². The van der Waals surface area contributed by atoms with E-state index in [1.54, 1.807) is 0 Å². The van der Waals surface area contributed by atoms with Gasteiger partial charge in [0.05, 0.1) is 17.0 Å². The van der Waals surface area contributed by atoms with Crippen molar-refractivity contribution < 1.29 is 22.2 Å². The number of halogens is 1. The highest BCUT2D eigenvalue weighted by molar-refractivity contribution is 7.85. The van der Waals surface area contributed by atoms with E-state index in [0.717, 1.165) is 18.9 Å². The Morgan fingerprint density at radius 2 is 2.19 bits per heavy atom. The zero-order valence-electron chi connectivity index (χ0n) is 12.0. The largest absolute Gasteiger partial charge is 0.351 e. The van der Waals surface area contributed by atoms with E-state index in [4.69, 9.17) is 4.55 Å². The third kappa shape index (κ3) is 5.76. The van der Waals surface area contributed by atoms with Gasteiger partial charge in [0, 0.05) is 18.7 Å². The quantitative estimate of drug-likeness (QED) is 0.747. The van der Waals surface area contributed by atoms with Gasteiger partial charge in [-0.1, -0.05) is 20.3 Å². The number of pyridine rings is 1. The molecule has 1 aromatic heterocycles. The molecule has 0 aromatic carbocycles. The summed E-state index contributed by atoms with van der Waals surface area (Å²) < 4.78 is 43.5. The van der Waals surface area contributed by atoms with Crippen LogP contribution in [0.15, 0.2) is 12.3 Å². The molecule has 1 heterocycles. The molecule has 1 unspecified atom stereocenters. The SMILES string of the molecule is CCCC(C)c1ncc(C(=O)NCCS(=O)(=O)O)cc1F. The van der Waals surface area contributed by atoms with Crippen molar-refractivity contribution in [3.8, 4) is 0 Å². The van der Waals surface area contributed by atoms with Crippen molar-refractivity contribution in [3.63, 3.8) is 0 Å². The Kier molecular flexibility index (Phi) is 6.22. The number of hydrogen-bond donors (Lipinski definition) is 2. The molecule has 0 fully saturated rings. The van der Waals surface area contributed by atoms with Gasteiger partial charge in [-0.05, 0) is 12.5 Å². The average molecular weight is 318 g/mol. The second kappa shape index (κ2) is 7.46. The first-order chi connectivity index (χ1) is 9.74. The number of nitrogens with zero attached hydrogens (tertiary/aromatic N) is 1. The molecule has 1 aromatic rings. The van der Waals surface area contributed by atoms with Crippen LogP contribution in [-0.4, -0.2) is 36.2 Å². The van der Waals surface area contributed by atoms with Gasteiger partial charge in [0.2, 0.25) is 0 Å². The Morgan fingerprint density at radius 1 is 1.52 bits per heavy atom. The van der Waals surface area contributed by atoms with Gasteiger partial charge in [-0.15, -0.1) is 0 Å². The molecule has 8 heteroatoms. The van der Waals surface area contributed by atoms with E-state index in [1.807, 2.05) is 13.8 Å². The third-order valence-electron chi connectivity index (χ3n) is 2.97. The molecule has 0 saturated heterocycles. The molecule has 6 nitrogen and oxygen atoms in total. The number of carbonyl (C=O) groups is 1. The number of nitrogens with one attached hydrogen (secondary N) is 1. The molecule has 0 radical (unpaired) electrons. The highest BCUT2D eigenvalue weighted by Crippen LogP contribution is 2.21. The van der Waals surface area contributed by atoms with E-state index < -0.39 is 27.6 Å². The zero-order valence-corrected chi connectivity index (χ0v) is 12.8. The van der Waals surface area contributed by atoms with E-state index in [9.17, 15) is 17.6 Å². The lowest BCUT2D eigenvalue weighted by atomic mass is 10.0. The van der Waals surface area contributed by atoms with Crippen LogP contribution in [0.5, 0.6) is 0 Å². The highest BCUT2D eigenvalue weighted by atomic mass is 32.2. The van der Waals surface area contributed by atoms with Crippen molar-refractivity contribution in [2.45, 2.75) is 32.6 Å². The topological polar surface area (TPSA) is 96.4 Å². The van der Waals surface area contributed by atoms with Crippen molar-refractivity contribution in [3.05, 3.63) is 29.3 Å². The highest BCUT2D eigenvalue weighted by Gasteiger charge is 2.15. The fraction of sp³-hybridized carbons (Fsp3) is 0.538. The van der Waals surface area contributed by atoms with Gasteiger partial charge in [0.15, 0.2) is 0 Å². The van der Waals surface area contributed by atoms with Crippen LogP contribution in [-0.2, 0) is 10.1 Å². The minimum Gasteiger partial charge on any atom is -0.351 e. The molecule has 2 N–H and O–H groups in total. The lowest BCUT2D eigenvalue weighted by Crippen LogP contribution is -2.29. The molecule has 0 aliphatic rings. The summed E-state index contributed by atoms with van der Waals surface area (Å²) in [6, 6.07) is 1.08. The second-order valence-corrected chi connectivity index (χ2v) is 6.39. The molecule has 0 spiro atoms. The Balaban J connectivity index is 2.72. The molecule has 1 rings (SSSR count). The molecule has 0 aliphatic heterocycles. The predicted octanol–water partition coefficient (Wildman–Crippen LogP) is 1.74. The van der Waals surface area contributed by atoms with E-state index in [2.05, 4.69) is 10.3 Å². The van der Waals surface area contributed by atoms with Gasteiger partial charge in [-0.2, -0.15) is 8.42 Å². The van der Waals surface area contributed by atoms with Gasteiger partial charge >= 0.3 is 0 Å². The average Bonchev–Trinajstić information content (AvgIpc) is 2.37. The van der Waals surface area contributed by atoms with Crippen LogP contribution in [0.3, 0.4) is 0 Å². The Morgan fingerprint density at radius 3 is 2.71 bits per heavy atom. The monoisotopic (exact) mass is 318 g/mol. The van der Waals surface area contributed by atoms with Crippen LogP contribution in [0.1, 0.15) is 48.7 Å². The van der Waals surface area contributed by atoms with Crippen LogP contribution in [0.4, 0.5) is 4.39 Å². The predicted molar refractivity (Wildman–Crippen MR) is 76.3 cm³/mol. The van der Waals surface area contributed by atoms with Crippen molar-refractivity contribution >= 4 is 16.0 Å². The van der Waals surface area contributed by atoms with Crippen molar-refractivity contribution in [1.29, 1.82) is 0 Å². The maximum atomic E-state index is 13.9. The Hall–Kier alpha value is -1.54. The summed E-state index contributed by atoms with van der Waals surface area (Å²) in [5.41, 5.74) is 0.321. The summed E-state index contributed by atoms with van der Waals surface area (Å²) in [6.07, 6.45) is 2.96. The summed E-state index contributed by atoms with van der Waals surface area (Å²) in [6.45, 7) is 3.60. The molecule has 0 saturated carbocycles. The first-order valence-electron chi connectivity index (χ1n) is 6.63. The van der Waals surface area contributed by atoms with Gasteiger partial charge in [0.1, 0.15) is 5.82 Å². The minimum atomic E-state index is -4.14. The van der Waals surface area contributed by atoms with Gasteiger partial charge in [-0.3, -0.25) is 14.3 Å². The summed E-state index contributed by atoms with van der Waals surface area (Å²) in [7, 11) is -4.14. The van der Waals surface area contributed by atoms with Crippen LogP contribution in [0.25, 0.3) is 0 Å². The number of amides is 1. The van der Waals surface area contributed by atoms with Crippen molar-refractivity contribution in [1.82, 2.24) is 10.3 Å². The zero-order chi connectivity index (χ0) is 16.0. The number of rotatable bonds is 7. The van der Waals surface area contributed by atoms with Crippen LogP contribution in [0, 0.1) is 5.82 Å². The molecule has 21 heavy (non-hydrogen) atoms. The first-order valence-corrected chi connectivity index (χ1v) is 8.24. The van der Waals surface area contributed by atoms with E-state index in [-0.39, 0.29) is 18.0 Å². The van der Waals surface area contributed by atoms with E-state index in [1.165, 1.54) is 6.20 Å². The van der Waals surface area contributed by atoms with Gasteiger partial charge < -0.3 is 5.32 Å². The summed E-state index contributed by atoms with van der Waals surface area (Å²) in [5, 5.41) is 2.27. The molecule has 118 valence electrons. The maximum Gasteiger partial charge on any atom is 0.266 e.